The van der Waals surface area contributed by atoms with E-state index < -0.39 is 24.9 Å². The molecule has 5 heteroatoms. The van der Waals surface area contributed by atoms with Crippen LogP contribution >= 0.6 is 0 Å². The first-order valence-electron chi connectivity index (χ1n) is 4.88. The highest BCUT2D eigenvalue weighted by Gasteiger charge is 2.15. The van der Waals surface area contributed by atoms with Crippen molar-refractivity contribution in [1.29, 1.82) is 0 Å². The lowest BCUT2D eigenvalue weighted by molar-refractivity contribution is 0.156. The number of benzene rings is 1. The second kappa shape index (κ2) is 5.21. The Morgan fingerprint density at radius 3 is 2.50 bits per heavy atom. The average molecular weight is 233 g/mol. The number of alkyl halides is 2. The summed E-state index contributed by atoms with van der Waals surface area (Å²) in [5.41, 5.74) is 0.722. The van der Waals surface area contributed by atoms with Crippen molar-refractivity contribution in [3.8, 4) is 0 Å². The normalized spacial score (nSPS) is 12.9. The molecule has 1 N–H and O–H groups in total. The predicted molar refractivity (Wildman–Crippen MR) is 56.3 cm³/mol. The molecule has 1 rings (SSSR count). The van der Waals surface area contributed by atoms with Gasteiger partial charge < -0.3 is 10.0 Å². The van der Waals surface area contributed by atoms with E-state index in [1.54, 1.807) is 0 Å². The Morgan fingerprint density at radius 2 is 2.00 bits per heavy atom. The summed E-state index contributed by atoms with van der Waals surface area (Å²) >= 11 is 0. The second-order valence-electron chi connectivity index (χ2n) is 3.65. The summed E-state index contributed by atoms with van der Waals surface area (Å²) < 4.78 is 37.4. The van der Waals surface area contributed by atoms with Crippen molar-refractivity contribution in [2.24, 2.45) is 0 Å². The van der Waals surface area contributed by atoms with Crippen LogP contribution in [0.3, 0.4) is 0 Å². The molecule has 0 saturated carbocycles. The maximum absolute atomic E-state index is 13.0. The minimum absolute atomic E-state index is 0.308. The molecular weight excluding hydrogens is 219 g/mol. The Bertz CT molecular complexity index is 355. The number of hydrogen-bond donors (Lipinski definition) is 1. The smallest absolute Gasteiger partial charge is 0.255 e. The molecule has 0 radical (unpaired) electrons. The van der Waals surface area contributed by atoms with Gasteiger partial charge in [-0.15, -0.1) is 0 Å². The molecular formula is C11H14F3NO. The van der Waals surface area contributed by atoms with E-state index in [-0.39, 0.29) is 0 Å². The summed E-state index contributed by atoms with van der Waals surface area (Å²) in [6.07, 6.45) is -3.37. The first-order chi connectivity index (χ1) is 7.41. The summed E-state index contributed by atoms with van der Waals surface area (Å²) in [7, 11) is 1.48. The van der Waals surface area contributed by atoms with Crippen LogP contribution in [0.4, 0.5) is 18.9 Å². The van der Waals surface area contributed by atoms with E-state index in [1.165, 1.54) is 31.0 Å². The summed E-state index contributed by atoms with van der Waals surface area (Å²) in [6.45, 7) is 1.01. The quantitative estimate of drug-likeness (QED) is 0.864. The molecule has 16 heavy (non-hydrogen) atoms. The van der Waals surface area contributed by atoms with Gasteiger partial charge >= 0.3 is 0 Å². The predicted octanol–water partition coefficient (Wildman–Crippen LogP) is 2.58. The molecule has 0 aliphatic rings. The van der Waals surface area contributed by atoms with Crippen LogP contribution in [0.15, 0.2) is 18.2 Å². The fourth-order valence-electron chi connectivity index (χ4n) is 1.51. The van der Waals surface area contributed by atoms with Crippen molar-refractivity contribution < 1.29 is 18.3 Å². The van der Waals surface area contributed by atoms with Crippen molar-refractivity contribution in [2.75, 3.05) is 18.5 Å². The first-order valence-corrected chi connectivity index (χ1v) is 4.88. The van der Waals surface area contributed by atoms with Crippen molar-refractivity contribution >= 4 is 5.69 Å². The van der Waals surface area contributed by atoms with Crippen LogP contribution < -0.4 is 4.90 Å². The van der Waals surface area contributed by atoms with Crippen LogP contribution in [-0.2, 0) is 0 Å². The maximum Gasteiger partial charge on any atom is 0.255 e. The van der Waals surface area contributed by atoms with Gasteiger partial charge in [-0.1, -0.05) is 0 Å². The second-order valence-corrected chi connectivity index (χ2v) is 3.65. The fraction of sp³-hybridized carbons (Fsp3) is 0.455. The molecule has 0 aromatic heterocycles. The van der Waals surface area contributed by atoms with Crippen LogP contribution in [0, 0.1) is 5.82 Å². The van der Waals surface area contributed by atoms with E-state index in [0.717, 1.165) is 6.07 Å². The molecule has 1 atom stereocenters. The zero-order chi connectivity index (χ0) is 12.3. The Hall–Kier alpha value is -1.23. The molecule has 0 spiro atoms. The number of halogens is 3. The van der Waals surface area contributed by atoms with Crippen LogP contribution in [0.2, 0.25) is 0 Å². The lowest BCUT2D eigenvalue weighted by atomic mass is 10.1. The summed E-state index contributed by atoms with van der Waals surface area (Å²) in [5, 5.41) is 9.43. The first kappa shape index (κ1) is 12.8. The monoisotopic (exact) mass is 233 g/mol. The Balaban J connectivity index is 3.02. The van der Waals surface area contributed by atoms with Crippen molar-refractivity contribution in [1.82, 2.24) is 0 Å². The van der Waals surface area contributed by atoms with Gasteiger partial charge in [-0.05, 0) is 25.1 Å². The minimum Gasteiger partial charge on any atom is -0.389 e. The van der Waals surface area contributed by atoms with Crippen LogP contribution in [0.1, 0.15) is 18.6 Å². The largest absolute Gasteiger partial charge is 0.389 e. The van der Waals surface area contributed by atoms with Gasteiger partial charge in [-0.2, -0.15) is 0 Å². The van der Waals surface area contributed by atoms with Gasteiger partial charge in [0.15, 0.2) is 0 Å². The molecule has 0 fully saturated rings. The molecule has 1 aromatic rings. The van der Waals surface area contributed by atoms with Crippen molar-refractivity contribution in [3.05, 3.63) is 29.6 Å². The Morgan fingerprint density at radius 1 is 1.38 bits per heavy atom. The molecule has 0 heterocycles. The fourth-order valence-corrected chi connectivity index (χ4v) is 1.51. The molecule has 0 bridgehead atoms. The van der Waals surface area contributed by atoms with Gasteiger partial charge in [-0.25, -0.2) is 13.2 Å². The Kier molecular flexibility index (Phi) is 4.18. The molecule has 0 unspecified atom stereocenters. The third-order valence-electron chi connectivity index (χ3n) is 2.26. The summed E-state index contributed by atoms with van der Waals surface area (Å²) in [5.74, 6) is -0.495. The van der Waals surface area contributed by atoms with Gasteiger partial charge in [0.25, 0.3) is 6.43 Å². The number of aliphatic hydroxyl groups is 1. The van der Waals surface area contributed by atoms with E-state index in [2.05, 4.69) is 0 Å². The number of anilines is 1. The number of nitrogens with zero attached hydrogens (tertiary/aromatic N) is 1. The third-order valence-corrected chi connectivity index (χ3v) is 2.26. The highest BCUT2D eigenvalue weighted by Crippen LogP contribution is 2.26. The SMILES string of the molecule is C[C@H](O)c1cc(F)ccc1N(C)CC(F)F. The lowest BCUT2D eigenvalue weighted by Crippen LogP contribution is -2.25. The van der Waals surface area contributed by atoms with E-state index >= 15 is 0 Å². The van der Waals surface area contributed by atoms with E-state index in [4.69, 9.17) is 0 Å². The van der Waals surface area contributed by atoms with Crippen LogP contribution in [-0.4, -0.2) is 25.1 Å². The highest BCUT2D eigenvalue weighted by molar-refractivity contribution is 5.54. The Labute approximate surface area is 92.3 Å². The summed E-state index contributed by atoms with van der Waals surface area (Å²) in [6, 6.07) is 3.73. The molecule has 0 saturated heterocycles. The lowest BCUT2D eigenvalue weighted by Gasteiger charge is -2.23. The van der Waals surface area contributed by atoms with Gasteiger partial charge in [0.05, 0.1) is 12.6 Å². The molecule has 0 aliphatic carbocycles. The topological polar surface area (TPSA) is 23.5 Å². The van der Waals surface area contributed by atoms with Crippen LogP contribution in [0.25, 0.3) is 0 Å². The number of aliphatic hydroxyl groups excluding tert-OH is 1. The zero-order valence-corrected chi connectivity index (χ0v) is 9.12. The molecule has 0 aliphatic heterocycles. The van der Waals surface area contributed by atoms with Gasteiger partial charge in [0.1, 0.15) is 5.82 Å². The zero-order valence-electron chi connectivity index (χ0n) is 9.12. The number of hydrogen-bond acceptors (Lipinski definition) is 2. The van der Waals surface area contributed by atoms with E-state index in [0.29, 0.717) is 11.3 Å². The van der Waals surface area contributed by atoms with Crippen molar-refractivity contribution in [2.45, 2.75) is 19.5 Å². The van der Waals surface area contributed by atoms with E-state index in [9.17, 15) is 18.3 Å². The molecule has 0 amide bonds. The van der Waals surface area contributed by atoms with Gasteiger partial charge in [0.2, 0.25) is 0 Å². The van der Waals surface area contributed by atoms with Gasteiger partial charge in [-0.3, -0.25) is 0 Å². The molecule has 90 valence electrons. The summed E-state index contributed by atoms with van der Waals surface area (Å²) in [4.78, 5) is 1.30. The average Bonchev–Trinajstić information content (AvgIpc) is 2.16. The van der Waals surface area contributed by atoms with E-state index in [1.807, 2.05) is 0 Å². The standard InChI is InChI=1S/C11H14F3NO/c1-7(16)9-5-8(12)3-4-10(9)15(2)6-11(13)14/h3-5,7,11,16H,6H2,1-2H3/t7-/m0/s1. The minimum atomic E-state index is -2.48. The highest BCUT2D eigenvalue weighted by atomic mass is 19.3. The van der Waals surface area contributed by atoms with Crippen molar-refractivity contribution in [3.63, 3.8) is 0 Å². The number of rotatable bonds is 4. The molecule has 2 nitrogen and oxygen atoms in total. The third kappa shape index (κ3) is 3.13. The maximum atomic E-state index is 13.0. The van der Waals surface area contributed by atoms with Gasteiger partial charge in [0, 0.05) is 18.3 Å². The molecule has 1 aromatic carbocycles. The van der Waals surface area contributed by atoms with Crippen LogP contribution in [0.5, 0.6) is 0 Å².